The predicted octanol–water partition coefficient (Wildman–Crippen LogP) is 2.27. The number of halogens is 1. The van der Waals surface area contributed by atoms with Crippen molar-refractivity contribution in [1.82, 2.24) is 0 Å². The molecule has 0 fully saturated rings. The first-order chi connectivity index (χ1) is 6.63. The number of non-ortho nitro benzene ring substituents is 1. The van der Waals surface area contributed by atoms with E-state index in [4.69, 9.17) is 16.9 Å². The SMILES string of the molecule is N#C[C@H](Cl)Cc1ccc([N+](=O)[O-])cc1. The summed E-state index contributed by atoms with van der Waals surface area (Å²) in [6.07, 6.45) is 0.399. The number of nitriles is 1. The molecule has 0 saturated heterocycles. The number of nitrogens with zero attached hydrogens (tertiary/aromatic N) is 2. The number of hydrogen-bond acceptors (Lipinski definition) is 3. The van der Waals surface area contributed by atoms with Crippen LogP contribution in [0.5, 0.6) is 0 Å². The zero-order chi connectivity index (χ0) is 10.6. The fourth-order valence-electron chi connectivity index (χ4n) is 1.01. The smallest absolute Gasteiger partial charge is 0.258 e. The fraction of sp³-hybridized carbons (Fsp3) is 0.222. The lowest BCUT2D eigenvalue weighted by atomic mass is 10.1. The Kier molecular flexibility index (Phi) is 3.43. The lowest BCUT2D eigenvalue weighted by molar-refractivity contribution is -0.384. The third-order valence-corrected chi connectivity index (χ3v) is 1.95. The average Bonchev–Trinajstić information content (AvgIpc) is 2.18. The van der Waals surface area contributed by atoms with Gasteiger partial charge in [0.05, 0.1) is 11.0 Å². The minimum atomic E-state index is -0.587. The molecule has 0 aliphatic rings. The molecular formula is C9H7ClN2O2. The maximum atomic E-state index is 10.3. The molecule has 0 aromatic heterocycles. The van der Waals surface area contributed by atoms with E-state index >= 15 is 0 Å². The summed E-state index contributed by atoms with van der Waals surface area (Å²) < 4.78 is 0. The second-order valence-electron chi connectivity index (χ2n) is 2.72. The Bertz CT molecular complexity index is 369. The van der Waals surface area contributed by atoms with Crippen LogP contribution >= 0.6 is 11.6 Å². The van der Waals surface area contributed by atoms with Crippen molar-refractivity contribution < 1.29 is 4.92 Å². The maximum absolute atomic E-state index is 10.3. The maximum Gasteiger partial charge on any atom is 0.269 e. The van der Waals surface area contributed by atoms with Crippen LogP contribution in [0.4, 0.5) is 5.69 Å². The average molecular weight is 211 g/mol. The van der Waals surface area contributed by atoms with Crippen molar-refractivity contribution in [3.63, 3.8) is 0 Å². The highest BCUT2D eigenvalue weighted by Gasteiger charge is 2.07. The molecule has 0 radical (unpaired) electrons. The van der Waals surface area contributed by atoms with Crippen LogP contribution in [0.2, 0.25) is 0 Å². The third kappa shape index (κ3) is 2.71. The molecule has 0 heterocycles. The molecule has 72 valence electrons. The molecule has 0 saturated carbocycles. The highest BCUT2D eigenvalue weighted by molar-refractivity contribution is 6.22. The normalized spacial score (nSPS) is 11.7. The van der Waals surface area contributed by atoms with Crippen molar-refractivity contribution >= 4 is 17.3 Å². The first-order valence-electron chi connectivity index (χ1n) is 3.90. The minimum absolute atomic E-state index is 0.0387. The summed E-state index contributed by atoms with van der Waals surface area (Å²) in [6.45, 7) is 0. The van der Waals surface area contributed by atoms with Gasteiger partial charge in [-0.25, -0.2) is 0 Å². The van der Waals surface area contributed by atoms with Crippen molar-refractivity contribution in [3.8, 4) is 6.07 Å². The van der Waals surface area contributed by atoms with E-state index in [0.29, 0.717) is 6.42 Å². The summed E-state index contributed by atoms with van der Waals surface area (Å²) in [5, 5.41) is 18.2. The molecule has 1 rings (SSSR count). The molecule has 14 heavy (non-hydrogen) atoms. The van der Waals surface area contributed by atoms with Crippen LogP contribution in [0.1, 0.15) is 5.56 Å². The molecular weight excluding hydrogens is 204 g/mol. The third-order valence-electron chi connectivity index (χ3n) is 1.70. The first kappa shape index (κ1) is 10.5. The number of benzene rings is 1. The molecule has 0 bridgehead atoms. The second kappa shape index (κ2) is 4.58. The first-order valence-corrected chi connectivity index (χ1v) is 4.34. The van der Waals surface area contributed by atoms with Gasteiger partial charge in [-0.3, -0.25) is 10.1 Å². The van der Waals surface area contributed by atoms with Gasteiger partial charge in [0.25, 0.3) is 5.69 Å². The molecule has 1 aromatic carbocycles. The van der Waals surface area contributed by atoms with Gasteiger partial charge in [-0.05, 0) is 5.56 Å². The molecule has 1 atom stereocenters. The summed E-state index contributed by atoms with van der Waals surface area (Å²) in [5.41, 5.74) is 0.856. The van der Waals surface area contributed by atoms with E-state index < -0.39 is 10.3 Å². The summed E-state index contributed by atoms with van der Waals surface area (Å²) in [4.78, 5) is 9.85. The summed E-state index contributed by atoms with van der Waals surface area (Å²) in [7, 11) is 0. The Hall–Kier alpha value is -1.60. The number of hydrogen-bond donors (Lipinski definition) is 0. The Labute approximate surface area is 85.9 Å². The van der Waals surface area contributed by atoms with E-state index in [9.17, 15) is 10.1 Å². The topological polar surface area (TPSA) is 66.9 Å². The van der Waals surface area contributed by atoms with Gasteiger partial charge < -0.3 is 0 Å². The molecule has 1 aromatic rings. The molecule has 4 nitrogen and oxygen atoms in total. The van der Waals surface area contributed by atoms with Crippen molar-refractivity contribution in [2.75, 3.05) is 0 Å². The van der Waals surface area contributed by atoms with Gasteiger partial charge in [0, 0.05) is 18.6 Å². The second-order valence-corrected chi connectivity index (χ2v) is 3.25. The lowest BCUT2D eigenvalue weighted by Crippen LogP contribution is -1.99. The molecule has 5 heteroatoms. The van der Waals surface area contributed by atoms with Gasteiger partial charge in [0.1, 0.15) is 5.38 Å². The van der Waals surface area contributed by atoms with Crippen molar-refractivity contribution in [2.24, 2.45) is 0 Å². The summed E-state index contributed by atoms with van der Waals surface area (Å²) in [5.74, 6) is 0. The van der Waals surface area contributed by atoms with E-state index in [1.54, 1.807) is 12.1 Å². The number of nitro groups is 1. The van der Waals surface area contributed by atoms with Gasteiger partial charge >= 0.3 is 0 Å². The van der Waals surface area contributed by atoms with Crippen LogP contribution in [-0.4, -0.2) is 10.3 Å². The highest BCUT2D eigenvalue weighted by Crippen LogP contribution is 2.14. The Morgan fingerprint density at radius 2 is 2.07 bits per heavy atom. The molecule has 0 spiro atoms. The number of alkyl halides is 1. The largest absolute Gasteiger partial charge is 0.269 e. The van der Waals surface area contributed by atoms with Crippen LogP contribution in [0.15, 0.2) is 24.3 Å². The summed E-state index contributed by atoms with van der Waals surface area (Å²) >= 11 is 5.61. The molecule has 0 unspecified atom stereocenters. The zero-order valence-corrected chi connectivity index (χ0v) is 7.94. The van der Waals surface area contributed by atoms with Crippen LogP contribution in [0.3, 0.4) is 0 Å². The van der Waals surface area contributed by atoms with Crippen molar-refractivity contribution in [3.05, 3.63) is 39.9 Å². The lowest BCUT2D eigenvalue weighted by Gasteiger charge is -1.99. The minimum Gasteiger partial charge on any atom is -0.258 e. The van der Waals surface area contributed by atoms with E-state index in [-0.39, 0.29) is 5.69 Å². The molecule has 0 amide bonds. The fourth-order valence-corrected chi connectivity index (χ4v) is 1.18. The van der Waals surface area contributed by atoms with Gasteiger partial charge in [0.2, 0.25) is 0 Å². The predicted molar refractivity (Wildman–Crippen MR) is 52.1 cm³/mol. The highest BCUT2D eigenvalue weighted by atomic mass is 35.5. The zero-order valence-electron chi connectivity index (χ0n) is 7.18. The van der Waals surface area contributed by atoms with Gasteiger partial charge in [-0.2, -0.15) is 5.26 Å². The Morgan fingerprint density at radius 3 is 2.50 bits per heavy atom. The van der Waals surface area contributed by atoms with Gasteiger partial charge in [0.15, 0.2) is 0 Å². The van der Waals surface area contributed by atoms with Gasteiger partial charge in [-0.15, -0.1) is 11.6 Å². The molecule has 0 aliphatic heterocycles. The van der Waals surface area contributed by atoms with Crippen molar-refractivity contribution in [2.45, 2.75) is 11.8 Å². The monoisotopic (exact) mass is 210 g/mol. The molecule has 0 aliphatic carbocycles. The number of rotatable bonds is 3. The van der Waals surface area contributed by atoms with Crippen LogP contribution in [0.25, 0.3) is 0 Å². The Balaban J connectivity index is 2.75. The van der Waals surface area contributed by atoms with E-state index in [2.05, 4.69) is 0 Å². The van der Waals surface area contributed by atoms with Crippen LogP contribution in [0, 0.1) is 21.4 Å². The Morgan fingerprint density at radius 1 is 1.50 bits per heavy atom. The van der Waals surface area contributed by atoms with E-state index in [0.717, 1.165) is 5.56 Å². The summed E-state index contributed by atoms with van der Waals surface area (Å²) in [6, 6.07) is 7.88. The van der Waals surface area contributed by atoms with Crippen molar-refractivity contribution in [1.29, 1.82) is 5.26 Å². The standard InChI is InChI=1S/C9H7ClN2O2/c10-8(6-11)5-7-1-3-9(4-2-7)12(13)14/h1-4,8H,5H2/t8-/m1/s1. The van der Waals surface area contributed by atoms with Crippen LogP contribution < -0.4 is 0 Å². The van der Waals surface area contributed by atoms with E-state index in [1.807, 2.05) is 6.07 Å². The van der Waals surface area contributed by atoms with Gasteiger partial charge in [-0.1, -0.05) is 12.1 Å². The number of nitro benzene ring substituents is 1. The molecule has 0 N–H and O–H groups in total. The van der Waals surface area contributed by atoms with Crippen LogP contribution in [-0.2, 0) is 6.42 Å². The quantitative estimate of drug-likeness (QED) is 0.437. The van der Waals surface area contributed by atoms with E-state index in [1.165, 1.54) is 12.1 Å².